The van der Waals surface area contributed by atoms with Crippen LogP contribution < -0.4 is 0 Å². The van der Waals surface area contributed by atoms with E-state index in [0.29, 0.717) is 6.42 Å². The number of piperidine rings is 1. The molecule has 1 heterocycles. The summed E-state index contributed by atoms with van der Waals surface area (Å²) in [6.45, 7) is 5.75. The summed E-state index contributed by atoms with van der Waals surface area (Å²) in [6, 6.07) is 0. The molecule has 18 heavy (non-hydrogen) atoms. The Morgan fingerprint density at radius 2 is 1.89 bits per heavy atom. The van der Waals surface area contributed by atoms with Gasteiger partial charge in [0.2, 0.25) is 0 Å². The zero-order valence-electron chi connectivity index (χ0n) is 11.2. The van der Waals surface area contributed by atoms with Gasteiger partial charge in [0.15, 0.2) is 0 Å². The second-order valence-corrected chi connectivity index (χ2v) is 6.39. The van der Waals surface area contributed by atoms with Gasteiger partial charge in [0.05, 0.1) is 5.92 Å². The van der Waals surface area contributed by atoms with Crippen LogP contribution in [0.2, 0.25) is 0 Å². The van der Waals surface area contributed by atoms with Crippen LogP contribution in [0.3, 0.4) is 0 Å². The van der Waals surface area contributed by atoms with Crippen LogP contribution in [0, 0.1) is 5.92 Å². The van der Waals surface area contributed by atoms with Gasteiger partial charge in [0.25, 0.3) is 0 Å². The van der Waals surface area contributed by atoms with Crippen LogP contribution in [-0.4, -0.2) is 39.8 Å². The van der Waals surface area contributed by atoms with Crippen molar-refractivity contribution in [2.24, 2.45) is 5.92 Å². The third-order valence-corrected chi connectivity index (χ3v) is 3.72. The minimum Gasteiger partial charge on any atom is -0.481 e. The Kier molecular flexibility index (Phi) is 3.03. The Morgan fingerprint density at radius 3 is 2.33 bits per heavy atom. The standard InChI is InChI=1S/C13H21NO4/c1-12(2,3)18-11(17)14-8-9(10(15)16)4-5-13(14)6-7-13/h9H,4-8H2,1-3H3,(H,15,16). The molecule has 1 aliphatic carbocycles. The fourth-order valence-electron chi connectivity index (χ4n) is 2.53. The summed E-state index contributed by atoms with van der Waals surface area (Å²) in [5.74, 6) is -1.28. The van der Waals surface area contributed by atoms with Crippen molar-refractivity contribution in [2.75, 3.05) is 6.54 Å². The van der Waals surface area contributed by atoms with E-state index in [9.17, 15) is 9.59 Å². The number of ether oxygens (including phenoxy) is 1. The number of rotatable bonds is 1. The quantitative estimate of drug-likeness (QED) is 0.780. The molecule has 0 aromatic heterocycles. The molecule has 2 aliphatic rings. The molecule has 5 heteroatoms. The van der Waals surface area contributed by atoms with Crippen LogP contribution >= 0.6 is 0 Å². The zero-order valence-corrected chi connectivity index (χ0v) is 11.2. The molecule has 0 aromatic rings. The predicted molar refractivity (Wildman–Crippen MR) is 65.3 cm³/mol. The minimum atomic E-state index is -0.820. The average Bonchev–Trinajstić information content (AvgIpc) is 2.96. The van der Waals surface area contributed by atoms with E-state index in [-0.39, 0.29) is 18.2 Å². The molecule has 5 nitrogen and oxygen atoms in total. The molecule has 1 saturated carbocycles. The highest BCUT2D eigenvalue weighted by Gasteiger charge is 2.54. The predicted octanol–water partition coefficient (Wildman–Crippen LogP) is 2.25. The van der Waals surface area contributed by atoms with Gasteiger partial charge in [-0.15, -0.1) is 0 Å². The first-order chi connectivity index (χ1) is 8.23. The van der Waals surface area contributed by atoms with Crippen molar-refractivity contribution in [3.63, 3.8) is 0 Å². The van der Waals surface area contributed by atoms with Gasteiger partial charge in [-0.2, -0.15) is 0 Å². The highest BCUT2D eigenvalue weighted by atomic mass is 16.6. The van der Waals surface area contributed by atoms with Crippen molar-refractivity contribution in [1.82, 2.24) is 4.90 Å². The Morgan fingerprint density at radius 1 is 1.28 bits per heavy atom. The van der Waals surface area contributed by atoms with Crippen molar-refractivity contribution in [3.8, 4) is 0 Å². The maximum Gasteiger partial charge on any atom is 0.410 e. The fourth-order valence-corrected chi connectivity index (χ4v) is 2.53. The summed E-state index contributed by atoms with van der Waals surface area (Å²) in [5, 5.41) is 9.08. The van der Waals surface area contributed by atoms with Crippen LogP contribution in [-0.2, 0) is 9.53 Å². The van der Waals surface area contributed by atoms with E-state index < -0.39 is 17.5 Å². The van der Waals surface area contributed by atoms with E-state index in [2.05, 4.69) is 0 Å². The van der Waals surface area contributed by atoms with Crippen LogP contribution in [0.4, 0.5) is 4.79 Å². The summed E-state index contributed by atoms with van der Waals surface area (Å²) in [7, 11) is 0. The van der Waals surface area contributed by atoms with Gasteiger partial charge in [-0.1, -0.05) is 0 Å². The van der Waals surface area contributed by atoms with Crippen LogP contribution in [0.1, 0.15) is 46.5 Å². The molecule has 1 N–H and O–H groups in total. The lowest BCUT2D eigenvalue weighted by atomic mass is 9.91. The monoisotopic (exact) mass is 255 g/mol. The maximum atomic E-state index is 12.1. The maximum absolute atomic E-state index is 12.1. The first kappa shape index (κ1) is 13.2. The first-order valence-electron chi connectivity index (χ1n) is 6.47. The van der Waals surface area contributed by atoms with Gasteiger partial charge in [0.1, 0.15) is 5.60 Å². The van der Waals surface area contributed by atoms with Crippen LogP contribution in [0.15, 0.2) is 0 Å². The number of nitrogens with zero attached hydrogens (tertiary/aromatic N) is 1. The lowest BCUT2D eigenvalue weighted by Gasteiger charge is -2.39. The van der Waals surface area contributed by atoms with Crippen molar-refractivity contribution in [1.29, 1.82) is 0 Å². The number of amides is 1. The van der Waals surface area contributed by atoms with Crippen molar-refractivity contribution < 1.29 is 19.4 Å². The van der Waals surface area contributed by atoms with Crippen molar-refractivity contribution in [2.45, 2.75) is 57.6 Å². The highest BCUT2D eigenvalue weighted by Crippen LogP contribution is 2.49. The smallest absolute Gasteiger partial charge is 0.410 e. The largest absolute Gasteiger partial charge is 0.481 e. The first-order valence-corrected chi connectivity index (χ1v) is 6.47. The van der Waals surface area contributed by atoms with Crippen molar-refractivity contribution >= 4 is 12.1 Å². The van der Waals surface area contributed by atoms with E-state index in [0.717, 1.165) is 19.3 Å². The summed E-state index contributed by atoms with van der Waals surface area (Å²) in [5.41, 5.74) is -0.641. The molecule has 2 fully saturated rings. The second kappa shape index (κ2) is 4.14. The molecular weight excluding hydrogens is 234 g/mol. The lowest BCUT2D eigenvalue weighted by molar-refractivity contribution is -0.144. The molecule has 1 aliphatic heterocycles. The van der Waals surface area contributed by atoms with Crippen LogP contribution in [0.5, 0.6) is 0 Å². The van der Waals surface area contributed by atoms with E-state index in [4.69, 9.17) is 9.84 Å². The molecule has 1 spiro atoms. The summed E-state index contributed by atoms with van der Waals surface area (Å²) < 4.78 is 5.37. The van der Waals surface area contributed by atoms with E-state index in [1.807, 2.05) is 20.8 Å². The van der Waals surface area contributed by atoms with Gasteiger partial charge in [0, 0.05) is 12.1 Å². The molecule has 0 aromatic carbocycles. The molecule has 1 atom stereocenters. The topological polar surface area (TPSA) is 66.8 Å². The number of likely N-dealkylation sites (tertiary alicyclic amines) is 1. The van der Waals surface area contributed by atoms with Gasteiger partial charge in [-0.05, 0) is 46.5 Å². The number of hydrogen-bond acceptors (Lipinski definition) is 3. The summed E-state index contributed by atoms with van der Waals surface area (Å²) >= 11 is 0. The third kappa shape index (κ3) is 2.60. The van der Waals surface area contributed by atoms with E-state index in [1.54, 1.807) is 4.90 Å². The van der Waals surface area contributed by atoms with Crippen molar-refractivity contribution in [3.05, 3.63) is 0 Å². The van der Waals surface area contributed by atoms with Crippen LogP contribution in [0.25, 0.3) is 0 Å². The summed E-state index contributed by atoms with van der Waals surface area (Å²) in [4.78, 5) is 24.9. The summed E-state index contributed by atoms with van der Waals surface area (Å²) in [6.07, 6.45) is 3.01. The lowest BCUT2D eigenvalue weighted by Crippen LogP contribution is -2.51. The number of carboxylic acid groups (broad SMARTS) is 1. The van der Waals surface area contributed by atoms with Gasteiger partial charge in [-0.3, -0.25) is 4.79 Å². The van der Waals surface area contributed by atoms with Gasteiger partial charge < -0.3 is 14.7 Å². The number of carbonyl (C=O) groups excluding carboxylic acids is 1. The SMILES string of the molecule is CC(C)(C)OC(=O)N1CC(C(=O)O)CCC12CC2. The fraction of sp³-hybridized carbons (Fsp3) is 0.846. The highest BCUT2D eigenvalue weighted by molar-refractivity contribution is 5.74. The Hall–Kier alpha value is -1.26. The minimum absolute atomic E-state index is 0.103. The molecule has 1 amide bonds. The number of aliphatic carboxylic acids is 1. The molecule has 102 valence electrons. The Labute approximate surface area is 107 Å². The molecule has 2 rings (SSSR count). The normalized spacial score (nSPS) is 25.9. The average molecular weight is 255 g/mol. The van der Waals surface area contributed by atoms with Gasteiger partial charge in [-0.25, -0.2) is 4.79 Å². The molecule has 0 radical (unpaired) electrons. The Balaban J connectivity index is 2.08. The third-order valence-electron chi connectivity index (χ3n) is 3.72. The molecule has 1 saturated heterocycles. The molecular formula is C13H21NO4. The van der Waals surface area contributed by atoms with E-state index >= 15 is 0 Å². The second-order valence-electron chi connectivity index (χ2n) is 6.39. The molecule has 0 bridgehead atoms. The van der Waals surface area contributed by atoms with E-state index in [1.165, 1.54) is 0 Å². The zero-order chi connectivity index (χ0) is 13.6. The Bertz CT molecular complexity index is 368. The number of carboxylic acids is 1. The molecule has 1 unspecified atom stereocenters. The van der Waals surface area contributed by atoms with Gasteiger partial charge >= 0.3 is 12.1 Å². The number of carbonyl (C=O) groups is 2. The number of hydrogen-bond donors (Lipinski definition) is 1.